The van der Waals surface area contributed by atoms with Crippen molar-refractivity contribution in [3.8, 4) is 0 Å². The number of hydrogen-bond donors (Lipinski definition) is 2. The number of morpholine rings is 1. The van der Waals surface area contributed by atoms with Gasteiger partial charge in [0.2, 0.25) is 5.91 Å². The Hall–Kier alpha value is -1.10. The minimum Gasteiger partial charge on any atom is -0.378 e. The first-order chi connectivity index (χ1) is 10.1. The predicted molar refractivity (Wildman–Crippen MR) is 91.8 cm³/mol. The zero-order chi connectivity index (χ0) is 15.2. The number of amides is 1. The third kappa shape index (κ3) is 5.59. The molecule has 1 atom stereocenters. The number of halogens is 1. The number of ether oxygens (including phenoxy) is 1. The van der Waals surface area contributed by atoms with E-state index in [1.54, 1.807) is 0 Å². The second-order valence-electron chi connectivity index (χ2n) is 5.91. The van der Waals surface area contributed by atoms with E-state index in [2.05, 4.69) is 43.5 Å². The van der Waals surface area contributed by atoms with Crippen molar-refractivity contribution in [1.82, 2.24) is 10.6 Å². The quantitative estimate of drug-likeness (QED) is 0.871. The third-order valence-corrected chi connectivity index (χ3v) is 3.97. The molecule has 0 spiro atoms. The molecule has 1 fully saturated rings. The van der Waals surface area contributed by atoms with Crippen LogP contribution in [0, 0.1) is 20.8 Å². The van der Waals surface area contributed by atoms with Gasteiger partial charge in [0.15, 0.2) is 0 Å². The topological polar surface area (TPSA) is 50.4 Å². The first kappa shape index (κ1) is 18.9. The van der Waals surface area contributed by atoms with Crippen LogP contribution in [0.5, 0.6) is 0 Å². The van der Waals surface area contributed by atoms with Crippen molar-refractivity contribution in [3.05, 3.63) is 34.4 Å². The molecule has 1 amide bonds. The zero-order valence-corrected chi connectivity index (χ0v) is 14.5. The average molecular weight is 327 g/mol. The molecule has 1 saturated heterocycles. The molecule has 2 rings (SSSR count). The fourth-order valence-electron chi connectivity index (χ4n) is 2.98. The Balaban J connectivity index is 0.00000242. The maximum absolute atomic E-state index is 11.9. The van der Waals surface area contributed by atoms with Crippen molar-refractivity contribution in [1.29, 1.82) is 0 Å². The lowest BCUT2D eigenvalue weighted by Gasteiger charge is -2.23. The highest BCUT2D eigenvalue weighted by Crippen LogP contribution is 2.16. The van der Waals surface area contributed by atoms with Gasteiger partial charge < -0.3 is 15.4 Å². The van der Waals surface area contributed by atoms with Gasteiger partial charge in [-0.15, -0.1) is 12.4 Å². The summed E-state index contributed by atoms with van der Waals surface area (Å²) in [4.78, 5) is 11.9. The highest BCUT2D eigenvalue weighted by Gasteiger charge is 2.16. The zero-order valence-electron chi connectivity index (χ0n) is 13.7. The lowest BCUT2D eigenvalue weighted by atomic mass is 9.97. The van der Waals surface area contributed by atoms with E-state index in [0.717, 1.165) is 19.6 Å². The Morgan fingerprint density at radius 2 is 2.00 bits per heavy atom. The maximum atomic E-state index is 11.9. The van der Waals surface area contributed by atoms with Crippen LogP contribution in [-0.2, 0) is 16.0 Å². The van der Waals surface area contributed by atoms with E-state index in [4.69, 9.17) is 4.74 Å². The molecule has 1 aromatic carbocycles. The van der Waals surface area contributed by atoms with Crippen LogP contribution in [0.1, 0.15) is 28.7 Å². The van der Waals surface area contributed by atoms with Crippen molar-refractivity contribution < 1.29 is 9.53 Å². The van der Waals surface area contributed by atoms with Crippen LogP contribution >= 0.6 is 12.4 Å². The van der Waals surface area contributed by atoms with Crippen molar-refractivity contribution in [2.75, 3.05) is 26.3 Å². The summed E-state index contributed by atoms with van der Waals surface area (Å²) in [5.74, 6) is 0.0976. The van der Waals surface area contributed by atoms with Gasteiger partial charge in [0, 0.05) is 25.6 Å². The van der Waals surface area contributed by atoms with Crippen LogP contribution in [0.4, 0.5) is 0 Å². The molecule has 4 nitrogen and oxygen atoms in total. The van der Waals surface area contributed by atoms with Gasteiger partial charge in [-0.25, -0.2) is 0 Å². The summed E-state index contributed by atoms with van der Waals surface area (Å²) in [5, 5.41) is 6.31. The fraction of sp³-hybridized carbons (Fsp3) is 0.588. The molecule has 0 radical (unpaired) electrons. The third-order valence-electron chi connectivity index (χ3n) is 3.97. The molecule has 0 bridgehead atoms. The van der Waals surface area contributed by atoms with Crippen LogP contribution in [0.15, 0.2) is 12.1 Å². The van der Waals surface area contributed by atoms with E-state index in [1.807, 2.05) is 0 Å². The Labute approximate surface area is 139 Å². The summed E-state index contributed by atoms with van der Waals surface area (Å²) in [7, 11) is 0. The normalized spacial score (nSPS) is 17.7. The number of nitrogens with one attached hydrogen (secondary N) is 2. The highest BCUT2D eigenvalue weighted by molar-refractivity contribution is 5.85. The number of carbonyl (C=O) groups excluding carboxylic acids is 1. The second kappa shape index (κ2) is 9.13. The molecule has 0 saturated carbocycles. The van der Waals surface area contributed by atoms with Crippen LogP contribution in [0.3, 0.4) is 0 Å². The molecular weight excluding hydrogens is 300 g/mol. The van der Waals surface area contributed by atoms with Crippen molar-refractivity contribution in [3.63, 3.8) is 0 Å². The minimum atomic E-state index is 0. The first-order valence-electron chi connectivity index (χ1n) is 7.71. The second-order valence-corrected chi connectivity index (χ2v) is 5.91. The number of hydrogen-bond acceptors (Lipinski definition) is 3. The standard InChI is InChI=1S/C17H26N2O2.ClH/c1-12-8-13(2)16(14(3)9-12)4-5-19-17(20)10-15-11-21-7-6-18-15;/h8-9,15,18H,4-7,10-11H2,1-3H3,(H,19,20);1H. The average Bonchev–Trinajstić information content (AvgIpc) is 2.42. The lowest BCUT2D eigenvalue weighted by Crippen LogP contribution is -2.44. The molecule has 1 unspecified atom stereocenters. The largest absolute Gasteiger partial charge is 0.378 e. The van der Waals surface area contributed by atoms with Crippen molar-refractivity contribution >= 4 is 18.3 Å². The van der Waals surface area contributed by atoms with Gasteiger partial charge in [-0.3, -0.25) is 4.79 Å². The molecule has 1 heterocycles. The smallest absolute Gasteiger partial charge is 0.221 e. The van der Waals surface area contributed by atoms with Crippen LogP contribution in [-0.4, -0.2) is 38.3 Å². The van der Waals surface area contributed by atoms with Gasteiger partial charge >= 0.3 is 0 Å². The van der Waals surface area contributed by atoms with Gasteiger partial charge in [0.1, 0.15) is 0 Å². The Morgan fingerprint density at radius 3 is 2.59 bits per heavy atom. The number of benzene rings is 1. The number of rotatable bonds is 5. The van der Waals surface area contributed by atoms with E-state index in [9.17, 15) is 4.79 Å². The summed E-state index contributed by atoms with van der Waals surface area (Å²) < 4.78 is 5.36. The summed E-state index contributed by atoms with van der Waals surface area (Å²) in [6, 6.07) is 4.56. The number of carbonyl (C=O) groups is 1. The maximum Gasteiger partial charge on any atom is 0.221 e. The molecule has 1 aliphatic rings. The minimum absolute atomic E-state index is 0. The van der Waals surface area contributed by atoms with Crippen LogP contribution in [0.25, 0.3) is 0 Å². The van der Waals surface area contributed by atoms with E-state index < -0.39 is 0 Å². The molecular formula is C17H27ClN2O2. The molecule has 0 aromatic heterocycles. The molecule has 124 valence electrons. The Bertz CT molecular complexity index is 476. The molecule has 2 N–H and O–H groups in total. The van der Waals surface area contributed by atoms with Gasteiger partial charge in [-0.05, 0) is 43.9 Å². The van der Waals surface area contributed by atoms with Gasteiger partial charge in [-0.1, -0.05) is 17.7 Å². The molecule has 1 aromatic rings. The van der Waals surface area contributed by atoms with E-state index in [0.29, 0.717) is 19.6 Å². The summed E-state index contributed by atoms with van der Waals surface area (Å²) >= 11 is 0. The summed E-state index contributed by atoms with van der Waals surface area (Å²) in [6.45, 7) is 9.29. The van der Waals surface area contributed by atoms with Gasteiger partial charge in [0.05, 0.1) is 13.2 Å². The van der Waals surface area contributed by atoms with E-state index in [1.165, 1.54) is 22.3 Å². The number of aryl methyl sites for hydroxylation is 3. The lowest BCUT2D eigenvalue weighted by molar-refractivity contribution is -0.122. The predicted octanol–water partition coefficient (Wildman–Crippen LogP) is 2.07. The first-order valence-corrected chi connectivity index (χ1v) is 7.71. The SMILES string of the molecule is Cc1cc(C)c(CCNC(=O)CC2COCCN2)c(C)c1.Cl. The highest BCUT2D eigenvalue weighted by atomic mass is 35.5. The van der Waals surface area contributed by atoms with Crippen LogP contribution in [0.2, 0.25) is 0 Å². The van der Waals surface area contributed by atoms with Gasteiger partial charge in [0.25, 0.3) is 0 Å². The molecule has 22 heavy (non-hydrogen) atoms. The molecule has 5 heteroatoms. The van der Waals surface area contributed by atoms with Crippen LogP contribution < -0.4 is 10.6 Å². The monoisotopic (exact) mass is 326 g/mol. The van der Waals surface area contributed by atoms with Crippen molar-refractivity contribution in [2.24, 2.45) is 0 Å². The Kier molecular flexibility index (Phi) is 7.87. The molecule has 1 aliphatic heterocycles. The van der Waals surface area contributed by atoms with E-state index in [-0.39, 0.29) is 24.4 Å². The van der Waals surface area contributed by atoms with Gasteiger partial charge in [-0.2, -0.15) is 0 Å². The van der Waals surface area contributed by atoms with Crippen molar-refractivity contribution in [2.45, 2.75) is 39.7 Å². The summed E-state index contributed by atoms with van der Waals surface area (Å²) in [5.41, 5.74) is 5.26. The fourth-order valence-corrected chi connectivity index (χ4v) is 2.98. The summed E-state index contributed by atoms with van der Waals surface area (Å²) in [6.07, 6.45) is 1.38. The van der Waals surface area contributed by atoms with E-state index >= 15 is 0 Å². The Morgan fingerprint density at radius 1 is 1.32 bits per heavy atom. The molecule has 0 aliphatic carbocycles.